The van der Waals surface area contributed by atoms with Gasteiger partial charge >= 0.3 is 17.2 Å². The van der Waals surface area contributed by atoms with E-state index in [1.807, 2.05) is 0 Å². The highest BCUT2D eigenvalue weighted by Gasteiger charge is 2.23. The van der Waals surface area contributed by atoms with Crippen molar-refractivity contribution in [2.75, 3.05) is 6.61 Å². The molecular formula is C21H17NO6. The van der Waals surface area contributed by atoms with Gasteiger partial charge in [0, 0.05) is 11.5 Å². The van der Waals surface area contributed by atoms with E-state index in [2.05, 4.69) is 4.98 Å². The summed E-state index contributed by atoms with van der Waals surface area (Å²) in [5.74, 6) is -0.549. The van der Waals surface area contributed by atoms with Gasteiger partial charge in [-0.2, -0.15) is 0 Å². The molecule has 7 nitrogen and oxygen atoms in total. The van der Waals surface area contributed by atoms with Crippen molar-refractivity contribution in [1.82, 2.24) is 4.98 Å². The maximum atomic E-state index is 12.7. The van der Waals surface area contributed by atoms with Crippen molar-refractivity contribution in [3.05, 3.63) is 61.4 Å². The highest BCUT2D eigenvalue weighted by Crippen LogP contribution is 2.32. The van der Waals surface area contributed by atoms with Crippen LogP contribution in [0, 0.1) is 20.8 Å². The summed E-state index contributed by atoms with van der Waals surface area (Å²) in [6, 6.07) is 4.78. The lowest BCUT2D eigenvalue weighted by atomic mass is 10.0. The number of aryl methyl sites for hydroxylation is 3. The number of benzene rings is 1. The zero-order chi connectivity index (χ0) is 20.2. The van der Waals surface area contributed by atoms with Crippen LogP contribution in [0.3, 0.4) is 0 Å². The van der Waals surface area contributed by atoms with Gasteiger partial charge < -0.3 is 13.6 Å². The Labute approximate surface area is 158 Å². The molecule has 1 aromatic carbocycles. The number of carbonyl (C=O) groups excluding carboxylic acids is 1. The van der Waals surface area contributed by atoms with Crippen LogP contribution in [0.15, 0.2) is 36.6 Å². The number of nitrogens with zero attached hydrogens (tertiary/aromatic N) is 1. The van der Waals surface area contributed by atoms with Crippen molar-refractivity contribution in [3.8, 4) is 0 Å². The predicted molar refractivity (Wildman–Crippen MR) is 104 cm³/mol. The summed E-state index contributed by atoms with van der Waals surface area (Å²) in [6.45, 7) is 7.03. The smallest absolute Gasteiger partial charge is 0.346 e. The molecule has 0 spiro atoms. The van der Waals surface area contributed by atoms with Gasteiger partial charge in [-0.15, -0.1) is 0 Å². The van der Waals surface area contributed by atoms with Gasteiger partial charge in [0.2, 0.25) is 0 Å². The highest BCUT2D eigenvalue weighted by atomic mass is 16.5. The number of aromatic nitrogens is 1. The fourth-order valence-corrected chi connectivity index (χ4v) is 3.61. The molecule has 3 aromatic heterocycles. The lowest BCUT2D eigenvalue weighted by Gasteiger charge is -2.12. The molecule has 7 heteroatoms. The summed E-state index contributed by atoms with van der Waals surface area (Å²) in [7, 11) is 0. The SMILES string of the molecule is CCOC(=O)c1c(C)nc2c(c1C)c(=O)oc1ccc3c(C)cc(=O)oc3c12. The molecule has 0 aliphatic rings. The second kappa shape index (κ2) is 6.30. The number of carbonyl (C=O) groups is 1. The van der Waals surface area contributed by atoms with Crippen LogP contribution >= 0.6 is 0 Å². The second-order valence-electron chi connectivity index (χ2n) is 6.59. The molecule has 4 aromatic rings. The molecule has 0 fully saturated rings. The number of ether oxygens (including phenoxy) is 1. The lowest BCUT2D eigenvalue weighted by molar-refractivity contribution is 0.0524. The van der Waals surface area contributed by atoms with E-state index in [1.54, 1.807) is 39.8 Å². The van der Waals surface area contributed by atoms with Gasteiger partial charge in [-0.1, -0.05) is 0 Å². The fourth-order valence-electron chi connectivity index (χ4n) is 3.61. The summed E-state index contributed by atoms with van der Waals surface area (Å²) in [4.78, 5) is 41.5. The number of pyridine rings is 1. The molecule has 0 N–H and O–H groups in total. The minimum Gasteiger partial charge on any atom is -0.462 e. The molecule has 0 saturated heterocycles. The van der Waals surface area contributed by atoms with Crippen LogP contribution < -0.4 is 11.3 Å². The number of hydrogen-bond acceptors (Lipinski definition) is 7. The molecule has 0 aliphatic carbocycles. The molecule has 0 aliphatic heterocycles. The average Bonchev–Trinajstić information content (AvgIpc) is 2.60. The predicted octanol–water partition coefficient (Wildman–Crippen LogP) is 3.55. The van der Waals surface area contributed by atoms with Crippen LogP contribution in [-0.4, -0.2) is 17.6 Å². The summed E-state index contributed by atoms with van der Waals surface area (Å²) in [5, 5.41) is 1.31. The van der Waals surface area contributed by atoms with Crippen LogP contribution in [0.4, 0.5) is 0 Å². The Morgan fingerprint density at radius 2 is 1.86 bits per heavy atom. The first-order valence-electron chi connectivity index (χ1n) is 8.81. The van der Waals surface area contributed by atoms with Crippen molar-refractivity contribution in [1.29, 1.82) is 0 Å². The van der Waals surface area contributed by atoms with E-state index >= 15 is 0 Å². The maximum absolute atomic E-state index is 12.7. The Morgan fingerprint density at radius 1 is 1.11 bits per heavy atom. The molecule has 28 heavy (non-hydrogen) atoms. The highest BCUT2D eigenvalue weighted by molar-refractivity contribution is 6.16. The largest absolute Gasteiger partial charge is 0.462 e. The molecule has 0 atom stereocenters. The van der Waals surface area contributed by atoms with E-state index in [0.29, 0.717) is 33.1 Å². The lowest BCUT2D eigenvalue weighted by Crippen LogP contribution is -2.14. The maximum Gasteiger partial charge on any atom is 0.346 e. The number of fused-ring (bicyclic) bond motifs is 5. The molecule has 0 amide bonds. The summed E-state index contributed by atoms with van der Waals surface area (Å²) < 4.78 is 16.0. The van der Waals surface area contributed by atoms with Crippen molar-refractivity contribution in [2.24, 2.45) is 0 Å². The van der Waals surface area contributed by atoms with Crippen molar-refractivity contribution in [2.45, 2.75) is 27.7 Å². The first-order chi connectivity index (χ1) is 13.3. The van der Waals surface area contributed by atoms with E-state index in [4.69, 9.17) is 13.6 Å². The van der Waals surface area contributed by atoms with Gasteiger partial charge in [-0.25, -0.2) is 14.4 Å². The second-order valence-corrected chi connectivity index (χ2v) is 6.59. The van der Waals surface area contributed by atoms with Crippen molar-refractivity contribution < 1.29 is 18.4 Å². The van der Waals surface area contributed by atoms with E-state index in [1.165, 1.54) is 6.07 Å². The minimum absolute atomic E-state index is 0.165. The number of rotatable bonds is 2. The van der Waals surface area contributed by atoms with Gasteiger partial charge in [0.1, 0.15) is 5.58 Å². The fraction of sp³-hybridized carbons (Fsp3) is 0.238. The zero-order valence-corrected chi connectivity index (χ0v) is 15.8. The third-order valence-electron chi connectivity index (χ3n) is 4.83. The molecule has 3 heterocycles. The summed E-state index contributed by atoms with van der Waals surface area (Å²) >= 11 is 0. The van der Waals surface area contributed by atoms with E-state index < -0.39 is 17.2 Å². The van der Waals surface area contributed by atoms with Crippen LogP contribution in [0.2, 0.25) is 0 Å². The van der Waals surface area contributed by atoms with Crippen LogP contribution in [-0.2, 0) is 4.74 Å². The minimum atomic E-state index is -0.618. The first kappa shape index (κ1) is 17.9. The third kappa shape index (κ3) is 2.51. The van der Waals surface area contributed by atoms with Gasteiger partial charge in [0.05, 0.1) is 34.2 Å². The van der Waals surface area contributed by atoms with Crippen LogP contribution in [0.5, 0.6) is 0 Å². The number of esters is 1. The van der Waals surface area contributed by atoms with Gasteiger partial charge in [0.15, 0.2) is 5.58 Å². The Hall–Kier alpha value is -3.48. The molecular weight excluding hydrogens is 362 g/mol. The Kier molecular flexibility index (Phi) is 4.03. The molecule has 0 bridgehead atoms. The zero-order valence-electron chi connectivity index (χ0n) is 15.8. The molecule has 0 unspecified atom stereocenters. The van der Waals surface area contributed by atoms with Crippen LogP contribution in [0.25, 0.3) is 32.8 Å². The summed E-state index contributed by atoms with van der Waals surface area (Å²) in [6.07, 6.45) is 0. The standard InChI is InChI=1S/C21H17NO6/c1-5-26-20(24)15-10(3)16-18(22-11(15)4)17-13(27-21(16)25)7-6-12-9(2)8-14(23)28-19(12)17/h6-8H,5H2,1-4H3. The van der Waals surface area contributed by atoms with Gasteiger partial charge in [0.25, 0.3) is 0 Å². The molecule has 4 rings (SSSR count). The Balaban J connectivity index is 2.27. The Morgan fingerprint density at radius 3 is 2.57 bits per heavy atom. The Bertz CT molecular complexity index is 1410. The number of hydrogen-bond donors (Lipinski definition) is 0. The third-order valence-corrected chi connectivity index (χ3v) is 4.83. The van der Waals surface area contributed by atoms with Crippen LogP contribution in [0.1, 0.15) is 34.1 Å². The van der Waals surface area contributed by atoms with E-state index in [-0.39, 0.29) is 23.1 Å². The van der Waals surface area contributed by atoms with Gasteiger partial charge in [-0.3, -0.25) is 4.98 Å². The normalized spacial score (nSPS) is 11.4. The average molecular weight is 379 g/mol. The molecule has 0 radical (unpaired) electrons. The monoisotopic (exact) mass is 379 g/mol. The van der Waals surface area contributed by atoms with E-state index in [0.717, 1.165) is 5.56 Å². The van der Waals surface area contributed by atoms with Crippen molar-refractivity contribution >= 4 is 38.8 Å². The topological polar surface area (TPSA) is 99.6 Å². The molecule has 142 valence electrons. The quantitative estimate of drug-likeness (QED) is 0.298. The van der Waals surface area contributed by atoms with E-state index in [9.17, 15) is 14.4 Å². The summed E-state index contributed by atoms with van der Waals surface area (Å²) in [5.41, 5.74) is 1.57. The molecule has 0 saturated carbocycles. The first-order valence-corrected chi connectivity index (χ1v) is 8.81. The van der Waals surface area contributed by atoms with Crippen molar-refractivity contribution in [3.63, 3.8) is 0 Å². The van der Waals surface area contributed by atoms with Gasteiger partial charge in [-0.05, 0) is 51.0 Å².